The zero-order valence-electron chi connectivity index (χ0n) is 13.3. The van der Waals surface area contributed by atoms with E-state index in [0.29, 0.717) is 17.1 Å². The number of nitrogens with zero attached hydrogens (tertiary/aromatic N) is 1. The Kier molecular flexibility index (Phi) is 5.41. The summed E-state index contributed by atoms with van der Waals surface area (Å²) in [6.07, 6.45) is -0.544. The van der Waals surface area contributed by atoms with Gasteiger partial charge in [0.25, 0.3) is 0 Å². The summed E-state index contributed by atoms with van der Waals surface area (Å²) >= 11 is 0. The molecule has 0 unspecified atom stereocenters. The zero-order valence-corrected chi connectivity index (χ0v) is 13.3. The quantitative estimate of drug-likeness (QED) is 0.899. The molecule has 0 atom stereocenters. The van der Waals surface area contributed by atoms with E-state index in [2.05, 4.69) is 5.32 Å². The third-order valence-electron chi connectivity index (χ3n) is 3.28. The van der Waals surface area contributed by atoms with Crippen molar-refractivity contribution in [2.45, 2.75) is 6.92 Å². The Morgan fingerprint density at radius 1 is 1.22 bits per heavy atom. The lowest BCUT2D eigenvalue weighted by Crippen LogP contribution is -2.14. The second-order valence-electron chi connectivity index (χ2n) is 4.77. The second-order valence-corrected chi connectivity index (χ2v) is 4.77. The van der Waals surface area contributed by atoms with Gasteiger partial charge in [-0.25, -0.2) is 9.18 Å². The van der Waals surface area contributed by atoms with Gasteiger partial charge in [-0.3, -0.25) is 5.32 Å². The third-order valence-corrected chi connectivity index (χ3v) is 3.28. The number of rotatable bonds is 5. The van der Waals surface area contributed by atoms with Crippen LogP contribution in [0, 0.1) is 5.82 Å². The molecule has 0 spiro atoms. The van der Waals surface area contributed by atoms with E-state index in [4.69, 9.17) is 9.47 Å². The van der Waals surface area contributed by atoms with Crippen molar-refractivity contribution in [2.75, 3.05) is 31.0 Å². The molecule has 2 rings (SSSR count). The summed E-state index contributed by atoms with van der Waals surface area (Å²) in [6.45, 7) is 2.02. The molecule has 0 aliphatic heterocycles. The second kappa shape index (κ2) is 7.49. The summed E-state index contributed by atoms with van der Waals surface area (Å²) in [4.78, 5) is 13.3. The van der Waals surface area contributed by atoms with Crippen LogP contribution in [0.15, 0.2) is 42.5 Å². The van der Waals surface area contributed by atoms with E-state index in [0.717, 1.165) is 5.69 Å². The van der Waals surface area contributed by atoms with Gasteiger partial charge in [-0.05, 0) is 37.3 Å². The summed E-state index contributed by atoms with van der Waals surface area (Å²) in [5, 5.41) is 2.61. The first-order valence-corrected chi connectivity index (χ1v) is 7.16. The molecule has 2 aromatic rings. The van der Waals surface area contributed by atoms with Crippen LogP contribution in [0.4, 0.5) is 26.2 Å². The number of hydrogen-bond acceptors (Lipinski definition) is 4. The number of carbonyl (C=O) groups excluding carboxylic acids is 1. The summed E-state index contributed by atoms with van der Waals surface area (Å²) in [5.74, 6) is 0.181. The van der Waals surface area contributed by atoms with Gasteiger partial charge in [-0.15, -0.1) is 0 Å². The average Bonchev–Trinajstić information content (AvgIpc) is 2.54. The predicted octanol–water partition coefficient (Wildman–Crippen LogP) is 4.17. The number of halogens is 1. The van der Waals surface area contributed by atoms with Crippen LogP contribution in [0.25, 0.3) is 0 Å². The molecule has 0 aliphatic carbocycles. The molecule has 5 nitrogen and oxygen atoms in total. The van der Waals surface area contributed by atoms with Gasteiger partial charge in [0.05, 0.1) is 19.4 Å². The van der Waals surface area contributed by atoms with Crippen molar-refractivity contribution in [2.24, 2.45) is 0 Å². The van der Waals surface area contributed by atoms with E-state index in [1.54, 1.807) is 37.3 Å². The number of carbonyl (C=O) groups is 1. The van der Waals surface area contributed by atoms with Crippen LogP contribution >= 0.6 is 0 Å². The van der Waals surface area contributed by atoms with Crippen LogP contribution in [-0.2, 0) is 4.74 Å². The fourth-order valence-electron chi connectivity index (χ4n) is 2.10. The molecule has 0 fully saturated rings. The number of hydrogen-bond donors (Lipinski definition) is 1. The molecular weight excluding hydrogens is 299 g/mol. The maximum Gasteiger partial charge on any atom is 0.411 e. The molecule has 0 heterocycles. The molecular formula is C17H19FN2O3. The minimum atomic E-state index is -0.544. The van der Waals surface area contributed by atoms with Crippen LogP contribution in [0.3, 0.4) is 0 Å². The van der Waals surface area contributed by atoms with Crippen molar-refractivity contribution in [3.05, 3.63) is 48.3 Å². The SMILES string of the molecule is CCOC(=O)Nc1ccc(N(C)c2cccc(F)c2)cc1OC. The molecule has 1 amide bonds. The molecule has 23 heavy (non-hydrogen) atoms. The fraction of sp³-hybridized carbons (Fsp3) is 0.235. The van der Waals surface area contributed by atoms with E-state index in [-0.39, 0.29) is 12.4 Å². The number of benzene rings is 2. The van der Waals surface area contributed by atoms with E-state index < -0.39 is 6.09 Å². The molecule has 1 N–H and O–H groups in total. The van der Waals surface area contributed by atoms with Crippen LogP contribution < -0.4 is 15.0 Å². The maximum atomic E-state index is 13.4. The Morgan fingerprint density at radius 3 is 2.61 bits per heavy atom. The Bertz CT molecular complexity index is 691. The highest BCUT2D eigenvalue weighted by Gasteiger charge is 2.12. The monoisotopic (exact) mass is 318 g/mol. The lowest BCUT2D eigenvalue weighted by molar-refractivity contribution is 0.168. The predicted molar refractivity (Wildman–Crippen MR) is 88.1 cm³/mol. The molecule has 0 aliphatic rings. The van der Waals surface area contributed by atoms with Crippen molar-refractivity contribution >= 4 is 23.2 Å². The highest BCUT2D eigenvalue weighted by molar-refractivity contribution is 5.87. The number of ether oxygens (including phenoxy) is 2. The van der Waals surface area contributed by atoms with Crippen molar-refractivity contribution in [1.29, 1.82) is 0 Å². The Morgan fingerprint density at radius 2 is 1.96 bits per heavy atom. The Hall–Kier alpha value is -2.76. The van der Waals surface area contributed by atoms with Gasteiger partial charge < -0.3 is 14.4 Å². The molecule has 122 valence electrons. The number of nitrogens with one attached hydrogen (secondary N) is 1. The van der Waals surface area contributed by atoms with Gasteiger partial charge in [0, 0.05) is 24.5 Å². The Balaban J connectivity index is 2.26. The normalized spacial score (nSPS) is 10.1. The Labute approximate surface area is 134 Å². The average molecular weight is 318 g/mol. The molecule has 6 heteroatoms. The summed E-state index contributed by atoms with van der Waals surface area (Å²) in [5.41, 5.74) is 2.00. The first kappa shape index (κ1) is 16.6. The van der Waals surface area contributed by atoms with Crippen molar-refractivity contribution in [3.63, 3.8) is 0 Å². The standard InChI is InChI=1S/C17H19FN2O3/c1-4-23-17(21)19-15-9-8-14(11-16(15)22-3)20(2)13-7-5-6-12(18)10-13/h5-11H,4H2,1-3H3,(H,19,21). The number of amides is 1. The van der Waals surface area contributed by atoms with Gasteiger partial charge in [0.1, 0.15) is 11.6 Å². The molecule has 0 aromatic heterocycles. The lowest BCUT2D eigenvalue weighted by Gasteiger charge is -2.21. The van der Waals surface area contributed by atoms with Gasteiger partial charge in [0.15, 0.2) is 0 Å². The van der Waals surface area contributed by atoms with Gasteiger partial charge >= 0.3 is 6.09 Å². The summed E-state index contributed by atoms with van der Waals surface area (Å²) in [7, 11) is 3.33. The molecule has 0 saturated heterocycles. The number of anilines is 3. The zero-order chi connectivity index (χ0) is 16.8. The van der Waals surface area contributed by atoms with E-state index in [1.807, 2.05) is 11.9 Å². The molecule has 0 radical (unpaired) electrons. The minimum absolute atomic E-state index is 0.286. The summed E-state index contributed by atoms with van der Waals surface area (Å²) in [6, 6.07) is 11.6. The highest BCUT2D eigenvalue weighted by atomic mass is 19.1. The molecule has 0 saturated carbocycles. The minimum Gasteiger partial charge on any atom is -0.494 e. The smallest absolute Gasteiger partial charge is 0.411 e. The first-order valence-electron chi connectivity index (χ1n) is 7.16. The van der Waals surface area contributed by atoms with E-state index in [1.165, 1.54) is 19.2 Å². The van der Waals surface area contributed by atoms with Gasteiger partial charge in [0.2, 0.25) is 0 Å². The number of methoxy groups -OCH3 is 1. The van der Waals surface area contributed by atoms with Crippen LogP contribution in [0.1, 0.15) is 6.92 Å². The maximum absolute atomic E-state index is 13.4. The third kappa shape index (κ3) is 4.12. The largest absolute Gasteiger partial charge is 0.494 e. The fourth-order valence-corrected chi connectivity index (χ4v) is 2.10. The van der Waals surface area contributed by atoms with Crippen LogP contribution in [-0.4, -0.2) is 26.9 Å². The topological polar surface area (TPSA) is 50.8 Å². The lowest BCUT2D eigenvalue weighted by atomic mass is 10.2. The highest BCUT2D eigenvalue weighted by Crippen LogP contribution is 2.32. The van der Waals surface area contributed by atoms with Crippen molar-refractivity contribution in [3.8, 4) is 5.75 Å². The van der Waals surface area contributed by atoms with Crippen molar-refractivity contribution in [1.82, 2.24) is 0 Å². The molecule has 2 aromatic carbocycles. The van der Waals surface area contributed by atoms with E-state index in [9.17, 15) is 9.18 Å². The summed E-state index contributed by atoms with van der Waals surface area (Å²) < 4.78 is 23.5. The molecule has 0 bridgehead atoms. The van der Waals surface area contributed by atoms with Gasteiger partial charge in [-0.1, -0.05) is 6.07 Å². The van der Waals surface area contributed by atoms with E-state index >= 15 is 0 Å². The van der Waals surface area contributed by atoms with Gasteiger partial charge in [-0.2, -0.15) is 0 Å². The van der Waals surface area contributed by atoms with Crippen molar-refractivity contribution < 1.29 is 18.7 Å². The first-order chi connectivity index (χ1) is 11.0. The van der Waals surface area contributed by atoms with Crippen LogP contribution in [0.5, 0.6) is 5.75 Å². The van der Waals surface area contributed by atoms with Crippen LogP contribution in [0.2, 0.25) is 0 Å².